The van der Waals surface area contributed by atoms with Gasteiger partial charge < -0.3 is 10.6 Å². The summed E-state index contributed by atoms with van der Waals surface area (Å²) in [7, 11) is 3.85. The minimum Gasteiger partial charge on any atom is -0.352 e. The van der Waals surface area contributed by atoms with Gasteiger partial charge in [0.2, 0.25) is 0 Å². The Morgan fingerprint density at radius 2 is 2.04 bits per heavy atom. The molecule has 0 bridgehead atoms. The lowest BCUT2D eigenvalue weighted by Crippen LogP contribution is -2.46. The van der Waals surface area contributed by atoms with E-state index in [1.54, 1.807) is 0 Å². The normalized spacial score (nSPS) is 17.1. The number of fused-ring (bicyclic) bond motifs is 1. The highest BCUT2D eigenvalue weighted by Crippen LogP contribution is 2.17. The van der Waals surface area contributed by atoms with Gasteiger partial charge in [0, 0.05) is 50.3 Å². The van der Waals surface area contributed by atoms with Crippen molar-refractivity contribution < 1.29 is 0 Å². The molecule has 0 fully saturated rings. The number of aryl methyl sites for hydroxylation is 3. The topological polar surface area (TPSA) is 84.9 Å². The first-order valence-electron chi connectivity index (χ1n) is 10.4. The van der Waals surface area contributed by atoms with Crippen molar-refractivity contribution in [2.24, 2.45) is 12.0 Å². The molecule has 2 aromatic rings. The van der Waals surface area contributed by atoms with Crippen LogP contribution in [0.3, 0.4) is 0 Å². The molecule has 8 nitrogen and oxygen atoms in total. The molecule has 0 radical (unpaired) electrons. The lowest BCUT2D eigenvalue weighted by Gasteiger charge is -2.25. The number of nitrogens with zero attached hydrogens (tertiary/aromatic N) is 6. The van der Waals surface area contributed by atoms with Gasteiger partial charge >= 0.3 is 0 Å². The maximum absolute atomic E-state index is 4.67. The first kappa shape index (κ1) is 20.4. The van der Waals surface area contributed by atoms with Gasteiger partial charge in [-0.1, -0.05) is 27.7 Å². The first-order chi connectivity index (χ1) is 13.5. The Labute approximate surface area is 167 Å². The van der Waals surface area contributed by atoms with E-state index in [0.29, 0.717) is 12.0 Å². The summed E-state index contributed by atoms with van der Waals surface area (Å²) in [5, 5.41) is 16.4. The van der Waals surface area contributed by atoms with E-state index in [9.17, 15) is 0 Å². The fraction of sp³-hybridized carbons (Fsp3) is 0.700. The molecule has 0 aromatic carbocycles. The maximum atomic E-state index is 4.67. The Morgan fingerprint density at radius 3 is 2.68 bits per heavy atom. The van der Waals surface area contributed by atoms with Crippen LogP contribution in [0.5, 0.6) is 0 Å². The smallest absolute Gasteiger partial charge is 0.191 e. The van der Waals surface area contributed by atoms with Crippen LogP contribution < -0.4 is 10.6 Å². The molecule has 1 unspecified atom stereocenters. The molecule has 154 valence electrons. The average Bonchev–Trinajstić information content (AvgIpc) is 3.24. The van der Waals surface area contributed by atoms with Crippen molar-refractivity contribution in [1.82, 2.24) is 35.2 Å². The lowest BCUT2D eigenvalue weighted by atomic mass is 10.1. The minimum absolute atomic E-state index is 0.297. The largest absolute Gasteiger partial charge is 0.352 e. The first-order valence-corrected chi connectivity index (χ1v) is 10.4. The van der Waals surface area contributed by atoms with Crippen molar-refractivity contribution >= 4 is 5.96 Å². The highest BCUT2D eigenvalue weighted by Gasteiger charge is 2.23. The highest BCUT2D eigenvalue weighted by atomic mass is 15.4. The summed E-state index contributed by atoms with van der Waals surface area (Å²) in [5.41, 5.74) is 3.73. The van der Waals surface area contributed by atoms with Crippen LogP contribution in [0.25, 0.3) is 0 Å². The summed E-state index contributed by atoms with van der Waals surface area (Å²) in [4.78, 5) is 9.10. The van der Waals surface area contributed by atoms with E-state index >= 15 is 0 Å². The van der Waals surface area contributed by atoms with Gasteiger partial charge in [-0.3, -0.25) is 9.67 Å². The predicted molar refractivity (Wildman–Crippen MR) is 112 cm³/mol. The second kappa shape index (κ2) is 8.75. The summed E-state index contributed by atoms with van der Waals surface area (Å²) in [5.74, 6) is 3.22. The van der Waals surface area contributed by atoms with Gasteiger partial charge in [-0.05, 0) is 19.3 Å². The molecule has 0 aliphatic carbocycles. The van der Waals surface area contributed by atoms with E-state index < -0.39 is 0 Å². The quantitative estimate of drug-likeness (QED) is 0.585. The number of guanidine groups is 1. The van der Waals surface area contributed by atoms with Gasteiger partial charge in [-0.25, -0.2) is 9.67 Å². The predicted octanol–water partition coefficient (Wildman–Crippen LogP) is 1.94. The third kappa shape index (κ3) is 4.20. The minimum atomic E-state index is 0.297. The standard InChI is InChI=1S/C20H34N8/c1-7-16-15(17(8-2)27(6)25-16)11-22-20(21-5)23-14-9-10-18-24-19(13(3)4)26-28(18)12-14/h13-14H,7-12H2,1-6H3,(H2,21,22,23). The Bertz CT molecular complexity index is 830. The van der Waals surface area contributed by atoms with Gasteiger partial charge in [-0.2, -0.15) is 10.2 Å². The van der Waals surface area contributed by atoms with Crippen LogP contribution >= 0.6 is 0 Å². The summed E-state index contributed by atoms with van der Waals surface area (Å²) >= 11 is 0. The van der Waals surface area contributed by atoms with E-state index in [0.717, 1.165) is 62.1 Å². The van der Waals surface area contributed by atoms with Crippen molar-refractivity contribution in [3.63, 3.8) is 0 Å². The summed E-state index contributed by atoms with van der Waals surface area (Å²) < 4.78 is 4.06. The molecule has 0 saturated heterocycles. The third-order valence-electron chi connectivity index (χ3n) is 5.42. The summed E-state index contributed by atoms with van der Waals surface area (Å²) in [6.07, 6.45) is 3.89. The van der Waals surface area contributed by atoms with Crippen LogP contribution in [0.1, 0.15) is 68.6 Å². The van der Waals surface area contributed by atoms with Gasteiger partial charge in [0.05, 0.1) is 12.2 Å². The zero-order chi connectivity index (χ0) is 20.3. The summed E-state index contributed by atoms with van der Waals surface area (Å²) in [6, 6.07) is 0.297. The molecule has 2 N–H and O–H groups in total. The van der Waals surface area contributed by atoms with Crippen molar-refractivity contribution in [2.75, 3.05) is 7.05 Å². The van der Waals surface area contributed by atoms with Crippen LogP contribution in [-0.2, 0) is 39.4 Å². The second-order valence-electron chi connectivity index (χ2n) is 7.73. The number of nitrogens with one attached hydrogen (secondary N) is 2. The fourth-order valence-corrected chi connectivity index (χ4v) is 3.84. The molecular formula is C20H34N8. The van der Waals surface area contributed by atoms with E-state index in [4.69, 9.17) is 0 Å². The molecule has 8 heteroatoms. The molecule has 0 spiro atoms. The van der Waals surface area contributed by atoms with E-state index in [1.165, 1.54) is 11.3 Å². The second-order valence-corrected chi connectivity index (χ2v) is 7.73. The SMILES string of the molecule is CCc1nn(C)c(CC)c1CNC(=NC)NC1CCc2nc(C(C)C)nn2C1. The summed E-state index contributed by atoms with van der Waals surface area (Å²) in [6.45, 7) is 10.2. The number of hydrogen-bond donors (Lipinski definition) is 2. The van der Waals surface area contributed by atoms with Crippen molar-refractivity contribution in [3.05, 3.63) is 28.6 Å². The van der Waals surface area contributed by atoms with Gasteiger partial charge in [0.1, 0.15) is 5.82 Å². The van der Waals surface area contributed by atoms with Gasteiger partial charge in [-0.15, -0.1) is 0 Å². The van der Waals surface area contributed by atoms with Gasteiger partial charge in [0.25, 0.3) is 0 Å². The molecule has 0 amide bonds. The molecule has 28 heavy (non-hydrogen) atoms. The zero-order valence-corrected chi connectivity index (χ0v) is 18.1. The zero-order valence-electron chi connectivity index (χ0n) is 18.1. The molecule has 0 saturated carbocycles. The van der Waals surface area contributed by atoms with Crippen LogP contribution in [-0.4, -0.2) is 43.6 Å². The molecular weight excluding hydrogens is 352 g/mol. The Balaban J connectivity index is 1.63. The molecule has 1 atom stereocenters. The molecule has 1 aliphatic heterocycles. The fourth-order valence-electron chi connectivity index (χ4n) is 3.84. The van der Waals surface area contributed by atoms with Crippen molar-refractivity contribution in [2.45, 2.75) is 78.4 Å². The van der Waals surface area contributed by atoms with Crippen molar-refractivity contribution in [1.29, 1.82) is 0 Å². The van der Waals surface area contributed by atoms with Crippen LogP contribution in [0.4, 0.5) is 0 Å². The van der Waals surface area contributed by atoms with Crippen LogP contribution in [0.15, 0.2) is 4.99 Å². The Kier molecular flexibility index (Phi) is 6.36. The van der Waals surface area contributed by atoms with E-state index in [-0.39, 0.29) is 0 Å². The Hall–Kier alpha value is -2.38. The third-order valence-corrected chi connectivity index (χ3v) is 5.42. The number of aliphatic imine (C=N–C) groups is 1. The molecule has 3 heterocycles. The van der Waals surface area contributed by atoms with E-state index in [1.807, 2.05) is 18.8 Å². The van der Waals surface area contributed by atoms with Crippen molar-refractivity contribution in [3.8, 4) is 0 Å². The highest BCUT2D eigenvalue weighted by molar-refractivity contribution is 5.80. The monoisotopic (exact) mass is 386 g/mol. The molecule has 2 aromatic heterocycles. The molecule has 1 aliphatic rings. The number of aromatic nitrogens is 5. The molecule has 3 rings (SSSR count). The van der Waals surface area contributed by atoms with E-state index in [2.05, 4.69) is 63.2 Å². The van der Waals surface area contributed by atoms with Gasteiger partial charge in [0.15, 0.2) is 11.8 Å². The maximum Gasteiger partial charge on any atom is 0.191 e. The number of hydrogen-bond acceptors (Lipinski definition) is 4. The van der Waals surface area contributed by atoms with Crippen LogP contribution in [0, 0.1) is 0 Å². The Morgan fingerprint density at radius 1 is 1.25 bits per heavy atom. The lowest BCUT2D eigenvalue weighted by molar-refractivity contribution is 0.391. The number of rotatable bonds is 6. The average molecular weight is 387 g/mol. The van der Waals surface area contributed by atoms with Crippen LogP contribution in [0.2, 0.25) is 0 Å².